The monoisotopic (exact) mass is 356 g/mol. The maximum absolute atomic E-state index is 12.9. The summed E-state index contributed by atoms with van der Waals surface area (Å²) < 4.78 is 5.96. The highest BCUT2D eigenvalue weighted by Crippen LogP contribution is 2.28. The van der Waals surface area contributed by atoms with E-state index in [1.807, 2.05) is 24.3 Å². The van der Waals surface area contributed by atoms with Gasteiger partial charge in [0.15, 0.2) is 0 Å². The smallest absolute Gasteiger partial charge is 0.253 e. The molecule has 3 fully saturated rings. The highest BCUT2D eigenvalue weighted by atomic mass is 16.5. The fraction of sp³-hybridized carbons (Fsp3) is 0.682. The van der Waals surface area contributed by atoms with Gasteiger partial charge in [0.25, 0.3) is 5.91 Å². The molecule has 0 unspecified atom stereocenters. The molecule has 1 aromatic rings. The summed E-state index contributed by atoms with van der Waals surface area (Å²) in [4.78, 5) is 14.9. The van der Waals surface area contributed by atoms with Crippen molar-refractivity contribution in [3.05, 3.63) is 29.8 Å². The molecule has 1 saturated carbocycles. The Balaban J connectivity index is 1.30. The molecule has 4 rings (SSSR count). The van der Waals surface area contributed by atoms with Crippen molar-refractivity contribution in [1.29, 1.82) is 0 Å². The van der Waals surface area contributed by atoms with Crippen LogP contribution in [0.5, 0.6) is 5.75 Å². The second-order valence-electron chi connectivity index (χ2n) is 8.39. The van der Waals surface area contributed by atoms with Crippen LogP contribution in [0.1, 0.15) is 55.3 Å². The lowest BCUT2D eigenvalue weighted by Crippen LogP contribution is -2.32. The van der Waals surface area contributed by atoms with Gasteiger partial charge in [0.1, 0.15) is 5.75 Å². The van der Waals surface area contributed by atoms with Crippen molar-refractivity contribution in [3.8, 4) is 5.75 Å². The minimum absolute atomic E-state index is 0.178. The van der Waals surface area contributed by atoms with Crippen molar-refractivity contribution < 1.29 is 9.53 Å². The second-order valence-corrected chi connectivity index (χ2v) is 8.39. The number of ether oxygens (including phenoxy) is 1. The summed E-state index contributed by atoms with van der Waals surface area (Å²) in [7, 11) is 0. The molecule has 1 aromatic carbocycles. The van der Waals surface area contributed by atoms with Crippen molar-refractivity contribution in [2.75, 3.05) is 32.8 Å². The Morgan fingerprint density at radius 1 is 0.962 bits per heavy atom. The van der Waals surface area contributed by atoms with Crippen LogP contribution in [0.25, 0.3) is 0 Å². The number of carbonyl (C=O) groups is 1. The summed E-state index contributed by atoms with van der Waals surface area (Å²) in [6.07, 6.45) is 8.91. The molecule has 2 aliphatic heterocycles. The highest BCUT2D eigenvalue weighted by Gasteiger charge is 2.31. The zero-order valence-electron chi connectivity index (χ0n) is 15.8. The molecule has 2 atom stereocenters. The van der Waals surface area contributed by atoms with Gasteiger partial charge >= 0.3 is 0 Å². The fourth-order valence-corrected chi connectivity index (χ4v) is 4.87. The molecule has 2 saturated heterocycles. The van der Waals surface area contributed by atoms with Gasteiger partial charge < -0.3 is 15.0 Å². The van der Waals surface area contributed by atoms with Crippen LogP contribution in [0.3, 0.4) is 0 Å². The number of nitrogens with zero attached hydrogens (tertiary/aromatic N) is 1. The van der Waals surface area contributed by atoms with E-state index >= 15 is 0 Å². The van der Waals surface area contributed by atoms with Gasteiger partial charge in [-0.25, -0.2) is 0 Å². The second kappa shape index (κ2) is 8.43. The van der Waals surface area contributed by atoms with Crippen molar-refractivity contribution in [2.24, 2.45) is 17.8 Å². The van der Waals surface area contributed by atoms with Gasteiger partial charge in [0, 0.05) is 18.7 Å². The Morgan fingerprint density at radius 2 is 1.62 bits per heavy atom. The van der Waals surface area contributed by atoms with Crippen LogP contribution in [-0.4, -0.2) is 43.6 Å². The number of rotatable bonds is 4. The first-order valence-corrected chi connectivity index (χ1v) is 10.5. The summed E-state index contributed by atoms with van der Waals surface area (Å²) in [5, 5.41) is 3.49. The quantitative estimate of drug-likeness (QED) is 0.894. The van der Waals surface area contributed by atoms with E-state index in [1.54, 1.807) is 0 Å². The number of likely N-dealkylation sites (tertiary alicyclic amines) is 1. The van der Waals surface area contributed by atoms with Gasteiger partial charge in [0.2, 0.25) is 0 Å². The molecule has 1 aliphatic carbocycles. The average Bonchev–Trinajstić information content (AvgIpc) is 3.05. The Kier molecular flexibility index (Phi) is 5.78. The molecule has 1 N–H and O–H groups in total. The van der Waals surface area contributed by atoms with E-state index in [1.165, 1.54) is 32.1 Å². The third kappa shape index (κ3) is 4.22. The molecule has 3 aliphatic rings. The van der Waals surface area contributed by atoms with Gasteiger partial charge in [-0.15, -0.1) is 0 Å². The fourth-order valence-electron chi connectivity index (χ4n) is 4.87. The average molecular weight is 357 g/mol. The summed E-state index contributed by atoms with van der Waals surface area (Å²) in [6.45, 7) is 4.85. The summed E-state index contributed by atoms with van der Waals surface area (Å²) in [5.74, 6) is 3.28. The summed E-state index contributed by atoms with van der Waals surface area (Å²) in [6, 6.07) is 7.80. The maximum Gasteiger partial charge on any atom is 0.253 e. The SMILES string of the molecule is O=C(c1ccc(OCC2CCCCC2)cc1)N1CC[C@@H]2CNC[C@@H]2CC1. The summed E-state index contributed by atoms with van der Waals surface area (Å²) in [5.41, 5.74) is 0.792. The Morgan fingerprint density at radius 3 is 2.27 bits per heavy atom. The predicted molar refractivity (Wildman–Crippen MR) is 103 cm³/mol. The van der Waals surface area contributed by atoms with Crippen molar-refractivity contribution in [1.82, 2.24) is 10.2 Å². The van der Waals surface area contributed by atoms with Crippen LogP contribution in [0.4, 0.5) is 0 Å². The number of benzene rings is 1. The predicted octanol–water partition coefficient (Wildman–Crippen LogP) is 3.72. The van der Waals surface area contributed by atoms with Crippen LogP contribution in [0.2, 0.25) is 0 Å². The molecular weight excluding hydrogens is 324 g/mol. The Labute approximate surface area is 157 Å². The van der Waals surface area contributed by atoms with Crippen LogP contribution in [0.15, 0.2) is 24.3 Å². The molecule has 0 aromatic heterocycles. The van der Waals surface area contributed by atoms with Gasteiger partial charge in [-0.05, 0) is 80.8 Å². The number of nitrogens with one attached hydrogen (secondary N) is 1. The Bertz CT molecular complexity index is 581. The van der Waals surface area contributed by atoms with Crippen molar-refractivity contribution in [2.45, 2.75) is 44.9 Å². The van der Waals surface area contributed by atoms with Crippen LogP contribution >= 0.6 is 0 Å². The molecule has 1 amide bonds. The van der Waals surface area contributed by atoms with E-state index in [0.717, 1.165) is 68.8 Å². The number of carbonyl (C=O) groups excluding carboxylic acids is 1. The van der Waals surface area contributed by atoms with E-state index in [9.17, 15) is 4.79 Å². The van der Waals surface area contributed by atoms with Crippen LogP contribution in [0, 0.1) is 17.8 Å². The lowest BCUT2D eigenvalue weighted by atomic mass is 9.90. The zero-order valence-corrected chi connectivity index (χ0v) is 15.8. The first-order chi connectivity index (χ1) is 12.8. The standard InChI is InChI=1S/C22H32N2O2/c25-22(24-12-10-19-14-23-15-20(19)11-13-24)18-6-8-21(9-7-18)26-16-17-4-2-1-3-5-17/h6-9,17,19-20,23H,1-5,10-16H2/t19-,20+. The number of fused-ring (bicyclic) bond motifs is 1. The molecule has 2 heterocycles. The topological polar surface area (TPSA) is 41.6 Å². The minimum atomic E-state index is 0.178. The molecule has 4 heteroatoms. The van der Waals surface area contributed by atoms with Crippen molar-refractivity contribution >= 4 is 5.91 Å². The number of amides is 1. The van der Waals surface area contributed by atoms with Gasteiger partial charge in [0.05, 0.1) is 6.61 Å². The summed E-state index contributed by atoms with van der Waals surface area (Å²) >= 11 is 0. The molecular formula is C22H32N2O2. The third-order valence-corrected chi connectivity index (χ3v) is 6.62. The lowest BCUT2D eigenvalue weighted by molar-refractivity contribution is 0.0758. The van der Waals surface area contributed by atoms with E-state index in [2.05, 4.69) is 10.2 Å². The Hall–Kier alpha value is -1.55. The zero-order chi connectivity index (χ0) is 17.8. The van der Waals surface area contributed by atoms with Crippen LogP contribution < -0.4 is 10.1 Å². The van der Waals surface area contributed by atoms with E-state index in [0.29, 0.717) is 5.92 Å². The number of hydrogen-bond acceptors (Lipinski definition) is 3. The molecule has 4 nitrogen and oxygen atoms in total. The molecule has 0 radical (unpaired) electrons. The first kappa shape index (κ1) is 17.8. The third-order valence-electron chi connectivity index (χ3n) is 6.62. The highest BCUT2D eigenvalue weighted by molar-refractivity contribution is 5.94. The largest absolute Gasteiger partial charge is 0.493 e. The molecule has 0 bridgehead atoms. The van der Waals surface area contributed by atoms with Crippen molar-refractivity contribution in [3.63, 3.8) is 0 Å². The van der Waals surface area contributed by atoms with Crippen LogP contribution in [-0.2, 0) is 0 Å². The molecule has 26 heavy (non-hydrogen) atoms. The van der Waals surface area contributed by atoms with E-state index in [4.69, 9.17) is 4.74 Å². The first-order valence-electron chi connectivity index (χ1n) is 10.5. The normalized spacial score (nSPS) is 27.0. The van der Waals surface area contributed by atoms with E-state index < -0.39 is 0 Å². The maximum atomic E-state index is 12.9. The molecule has 142 valence electrons. The van der Waals surface area contributed by atoms with E-state index in [-0.39, 0.29) is 5.91 Å². The lowest BCUT2D eigenvalue weighted by Gasteiger charge is -2.22. The van der Waals surface area contributed by atoms with Gasteiger partial charge in [-0.2, -0.15) is 0 Å². The molecule has 0 spiro atoms. The van der Waals surface area contributed by atoms with Gasteiger partial charge in [-0.1, -0.05) is 19.3 Å². The number of hydrogen-bond donors (Lipinski definition) is 1. The minimum Gasteiger partial charge on any atom is -0.493 e. The van der Waals surface area contributed by atoms with Gasteiger partial charge in [-0.3, -0.25) is 4.79 Å².